The van der Waals surface area contributed by atoms with E-state index in [9.17, 15) is 0 Å². The first-order chi connectivity index (χ1) is 7.55. The lowest BCUT2D eigenvalue weighted by atomic mass is 10.1. The molecule has 0 aliphatic rings. The maximum Gasteiger partial charge on any atom is 0.0870 e. The van der Waals surface area contributed by atoms with Crippen LogP contribution in [0.15, 0.2) is 11.5 Å². The van der Waals surface area contributed by atoms with Crippen LogP contribution in [-0.4, -0.2) is 23.5 Å². The highest BCUT2D eigenvalue weighted by molar-refractivity contribution is 7.80. The topological polar surface area (TPSA) is 12.0 Å². The maximum atomic E-state index is 3.55. The van der Waals surface area contributed by atoms with Gasteiger partial charge in [0, 0.05) is 25.4 Å². The summed E-state index contributed by atoms with van der Waals surface area (Å²) in [6, 6.07) is 0. The van der Waals surface area contributed by atoms with Gasteiger partial charge in [0.25, 0.3) is 0 Å². The van der Waals surface area contributed by atoms with Gasteiger partial charge in [-0.3, -0.25) is 0 Å². The molecule has 0 unspecified atom stereocenters. The minimum atomic E-state index is -1.01. The van der Waals surface area contributed by atoms with Crippen LogP contribution in [0.3, 0.4) is 0 Å². The van der Waals surface area contributed by atoms with Gasteiger partial charge in [0.05, 0.1) is 23.3 Å². The average Bonchev–Trinajstić information content (AvgIpc) is 2.15. The molecule has 0 aliphatic carbocycles. The highest BCUT2D eigenvalue weighted by atomic mass is 31.2. The van der Waals surface area contributed by atoms with E-state index < -0.39 is 7.26 Å². The first-order valence-corrected chi connectivity index (χ1v) is 9.26. The van der Waals surface area contributed by atoms with Crippen LogP contribution in [-0.2, 0) is 0 Å². The predicted octanol–water partition coefficient (Wildman–Crippen LogP) is 5.09. The van der Waals surface area contributed by atoms with Crippen molar-refractivity contribution in [2.24, 2.45) is 0 Å². The van der Waals surface area contributed by atoms with Crippen molar-refractivity contribution in [1.82, 2.24) is 5.32 Å². The summed E-state index contributed by atoms with van der Waals surface area (Å²) in [5, 5.41) is 5.20. The molecule has 0 amide bonds. The Morgan fingerprint density at radius 3 is 1.76 bits per heavy atom. The van der Waals surface area contributed by atoms with Gasteiger partial charge >= 0.3 is 0 Å². The van der Waals surface area contributed by atoms with Gasteiger partial charge in [-0.25, -0.2) is 0 Å². The highest BCUT2D eigenvalue weighted by Crippen LogP contribution is 2.70. The monoisotopic (exact) mass is 258 g/mol. The number of allylic oxidation sites excluding steroid dienone is 1. The molecule has 0 aromatic heterocycles. The molecule has 0 aromatic rings. The molecule has 0 rings (SSSR count). The second-order valence-corrected chi connectivity index (χ2v) is 11.7. The fraction of sp³-hybridized carbons (Fsp3) is 0.867. The third kappa shape index (κ3) is 4.62. The van der Waals surface area contributed by atoms with E-state index in [1.165, 1.54) is 6.42 Å². The van der Waals surface area contributed by atoms with Crippen LogP contribution in [0.2, 0.25) is 0 Å². The summed E-state index contributed by atoms with van der Waals surface area (Å²) in [5.41, 5.74) is 1.71. The van der Waals surface area contributed by atoms with Crippen LogP contribution >= 0.6 is 7.26 Å². The number of rotatable bonds is 5. The largest absolute Gasteiger partial charge is 0.383 e. The predicted molar refractivity (Wildman–Crippen MR) is 84.4 cm³/mol. The number of hydrogen-bond acceptors (Lipinski definition) is 1. The summed E-state index contributed by atoms with van der Waals surface area (Å²) in [7, 11) is -1.01. The lowest BCUT2D eigenvalue weighted by Gasteiger charge is -2.33. The second-order valence-electron chi connectivity index (χ2n) is 6.72. The Bertz CT molecular complexity index is 251. The van der Waals surface area contributed by atoms with Gasteiger partial charge in [-0.05, 0) is 48.5 Å². The normalized spacial score (nSPS) is 14.6. The third-order valence-electron chi connectivity index (χ3n) is 3.80. The molecule has 0 saturated carbocycles. The Morgan fingerprint density at radius 1 is 1.12 bits per heavy atom. The SMILES string of the molecule is CC/C(=C\NC(C)(C)C)[P+](C)(C(C)C)C(C)C. The molecule has 0 saturated heterocycles. The fourth-order valence-corrected chi connectivity index (χ4v) is 5.68. The highest BCUT2D eigenvalue weighted by Gasteiger charge is 2.42. The van der Waals surface area contributed by atoms with E-state index in [-0.39, 0.29) is 5.54 Å². The minimum absolute atomic E-state index is 0.166. The standard InChI is InChI=1S/C15H33NP/c1-10-14(11-16-15(6,7)8)17(9,12(2)3)13(4)5/h11-13,16H,10H2,1-9H3/q+1/b14-11+. The molecule has 0 aromatic carbocycles. The molecule has 0 heterocycles. The molecule has 0 bridgehead atoms. The van der Waals surface area contributed by atoms with E-state index in [1.54, 1.807) is 5.31 Å². The first-order valence-electron chi connectivity index (χ1n) is 6.88. The molecule has 0 fully saturated rings. The van der Waals surface area contributed by atoms with Crippen molar-refractivity contribution < 1.29 is 0 Å². The quantitative estimate of drug-likeness (QED) is 0.677. The zero-order valence-electron chi connectivity index (χ0n) is 13.4. The van der Waals surface area contributed by atoms with Crippen LogP contribution in [0.25, 0.3) is 0 Å². The second kappa shape index (κ2) is 6.23. The summed E-state index contributed by atoms with van der Waals surface area (Å²) >= 11 is 0. The van der Waals surface area contributed by atoms with E-state index in [0.717, 1.165) is 11.3 Å². The van der Waals surface area contributed by atoms with E-state index >= 15 is 0 Å². The summed E-state index contributed by atoms with van der Waals surface area (Å²) < 4.78 is 0. The Morgan fingerprint density at radius 2 is 1.53 bits per heavy atom. The molecule has 2 heteroatoms. The van der Waals surface area contributed by atoms with Crippen molar-refractivity contribution in [1.29, 1.82) is 0 Å². The zero-order valence-corrected chi connectivity index (χ0v) is 14.3. The summed E-state index contributed by atoms with van der Waals surface area (Å²) in [5.74, 6) is 0. The molecule has 102 valence electrons. The molecular weight excluding hydrogens is 225 g/mol. The van der Waals surface area contributed by atoms with Crippen LogP contribution < -0.4 is 5.32 Å². The summed E-state index contributed by atoms with van der Waals surface area (Å²) in [6.07, 6.45) is 3.48. The Hall–Kier alpha value is -0.0300. The van der Waals surface area contributed by atoms with Gasteiger partial charge in [-0.15, -0.1) is 0 Å². The fourth-order valence-electron chi connectivity index (χ4n) is 2.14. The lowest BCUT2D eigenvalue weighted by Crippen LogP contribution is -2.32. The number of hydrogen-bond donors (Lipinski definition) is 1. The summed E-state index contributed by atoms with van der Waals surface area (Å²) in [6.45, 7) is 21.0. The van der Waals surface area contributed by atoms with Crippen molar-refractivity contribution in [2.75, 3.05) is 6.66 Å². The minimum Gasteiger partial charge on any atom is -0.383 e. The molecule has 0 radical (unpaired) electrons. The van der Waals surface area contributed by atoms with E-state index in [1.807, 2.05) is 0 Å². The van der Waals surface area contributed by atoms with Crippen molar-refractivity contribution >= 4 is 7.26 Å². The van der Waals surface area contributed by atoms with Crippen LogP contribution in [0.4, 0.5) is 0 Å². The van der Waals surface area contributed by atoms with Crippen molar-refractivity contribution in [3.8, 4) is 0 Å². The molecule has 17 heavy (non-hydrogen) atoms. The van der Waals surface area contributed by atoms with Gasteiger partial charge in [0.15, 0.2) is 0 Å². The van der Waals surface area contributed by atoms with Crippen LogP contribution in [0.1, 0.15) is 61.8 Å². The van der Waals surface area contributed by atoms with Gasteiger partial charge < -0.3 is 5.32 Å². The van der Waals surface area contributed by atoms with Crippen LogP contribution in [0.5, 0.6) is 0 Å². The van der Waals surface area contributed by atoms with Gasteiger partial charge in [-0.1, -0.05) is 6.92 Å². The van der Waals surface area contributed by atoms with Crippen LogP contribution in [0, 0.1) is 0 Å². The first kappa shape index (κ1) is 17.0. The Balaban J connectivity index is 5.19. The summed E-state index contributed by atoms with van der Waals surface area (Å²) in [4.78, 5) is 0. The van der Waals surface area contributed by atoms with Crippen molar-refractivity contribution in [2.45, 2.75) is 78.7 Å². The Labute approximate surface area is 110 Å². The molecule has 0 spiro atoms. The van der Waals surface area contributed by atoms with Gasteiger partial charge in [-0.2, -0.15) is 0 Å². The smallest absolute Gasteiger partial charge is 0.0870 e. The van der Waals surface area contributed by atoms with Crippen molar-refractivity contribution in [3.63, 3.8) is 0 Å². The third-order valence-corrected chi connectivity index (χ3v) is 9.77. The van der Waals surface area contributed by atoms with Crippen molar-refractivity contribution in [3.05, 3.63) is 11.5 Å². The zero-order chi connectivity index (χ0) is 13.9. The molecule has 0 aliphatic heterocycles. The molecular formula is C15H33NP+. The average molecular weight is 258 g/mol. The van der Waals surface area contributed by atoms with E-state index in [4.69, 9.17) is 0 Å². The van der Waals surface area contributed by atoms with E-state index in [0.29, 0.717) is 0 Å². The number of nitrogens with one attached hydrogen (secondary N) is 1. The molecule has 1 N–H and O–H groups in total. The van der Waals surface area contributed by atoms with Gasteiger partial charge in [0.2, 0.25) is 0 Å². The molecule has 0 atom stereocenters. The maximum absolute atomic E-state index is 3.55. The lowest BCUT2D eigenvalue weighted by molar-refractivity contribution is 0.490. The van der Waals surface area contributed by atoms with Gasteiger partial charge in [0.1, 0.15) is 0 Å². The Kier molecular flexibility index (Phi) is 6.22. The van der Waals surface area contributed by atoms with E-state index in [2.05, 4.69) is 73.6 Å². The molecule has 1 nitrogen and oxygen atoms in total.